The van der Waals surface area contributed by atoms with Crippen LogP contribution >= 0.6 is 0 Å². The molecule has 1 aliphatic heterocycles. The molecule has 0 saturated heterocycles. The molecule has 1 amide bonds. The Bertz CT molecular complexity index is 882. The molecule has 31 heavy (non-hydrogen) atoms. The fraction of sp³-hybridized carbons (Fsp3) is 0.391. The molecular formula is C23H27F3N4O. The van der Waals surface area contributed by atoms with E-state index < -0.39 is 12.2 Å². The van der Waals surface area contributed by atoms with Crippen LogP contribution in [0.5, 0.6) is 0 Å². The van der Waals surface area contributed by atoms with Gasteiger partial charge < -0.3 is 5.32 Å². The van der Waals surface area contributed by atoms with Gasteiger partial charge in [0.25, 0.3) is 0 Å². The molecule has 0 spiro atoms. The molecule has 166 valence electrons. The first-order valence-corrected chi connectivity index (χ1v) is 10.5. The van der Waals surface area contributed by atoms with Crippen LogP contribution in [0.3, 0.4) is 0 Å². The largest absolute Gasteiger partial charge is 0.409 e. The van der Waals surface area contributed by atoms with Crippen molar-refractivity contribution >= 4 is 17.3 Å². The molecule has 0 aliphatic carbocycles. The summed E-state index contributed by atoms with van der Waals surface area (Å²) in [5, 5.41) is 4.31. The van der Waals surface area contributed by atoms with Gasteiger partial charge in [0.15, 0.2) is 0 Å². The highest BCUT2D eigenvalue weighted by Gasteiger charge is 2.43. The number of pyridine rings is 1. The van der Waals surface area contributed by atoms with E-state index in [0.717, 1.165) is 37.3 Å². The second kappa shape index (κ2) is 10.4. The Morgan fingerprint density at radius 2 is 1.94 bits per heavy atom. The van der Waals surface area contributed by atoms with Crippen molar-refractivity contribution < 1.29 is 18.0 Å². The number of anilines is 1. The van der Waals surface area contributed by atoms with Crippen molar-refractivity contribution in [2.75, 3.05) is 5.01 Å². The predicted octanol–water partition coefficient (Wildman–Crippen LogP) is 4.96. The van der Waals surface area contributed by atoms with Gasteiger partial charge in [-0.3, -0.25) is 14.8 Å². The van der Waals surface area contributed by atoms with Crippen molar-refractivity contribution in [1.82, 2.24) is 15.7 Å². The molecule has 0 bridgehead atoms. The number of unbranched alkanes of at least 4 members (excludes halogenated alkanes) is 3. The zero-order chi connectivity index (χ0) is 22.3. The van der Waals surface area contributed by atoms with Gasteiger partial charge in [-0.2, -0.15) is 13.2 Å². The molecule has 1 aliphatic rings. The summed E-state index contributed by atoms with van der Waals surface area (Å²) < 4.78 is 40.0. The molecule has 2 aromatic rings. The van der Waals surface area contributed by atoms with E-state index in [1.807, 2.05) is 0 Å². The van der Waals surface area contributed by atoms with Crippen LogP contribution < -0.4 is 15.8 Å². The topological polar surface area (TPSA) is 57.3 Å². The van der Waals surface area contributed by atoms with Crippen LogP contribution in [0.15, 0.2) is 54.9 Å². The number of nitrogens with one attached hydrogen (secondary N) is 2. The molecule has 0 saturated carbocycles. The monoisotopic (exact) mass is 432 g/mol. The molecular weight excluding hydrogens is 405 g/mol. The number of hydrogen-bond donors (Lipinski definition) is 2. The summed E-state index contributed by atoms with van der Waals surface area (Å²) in [6.07, 6.45) is 4.54. The number of amides is 1. The van der Waals surface area contributed by atoms with Crippen LogP contribution in [0, 0.1) is 0 Å². The molecule has 0 fully saturated rings. The number of halogens is 3. The molecule has 3 rings (SSSR count). The molecule has 1 atom stereocenters. The Morgan fingerprint density at radius 3 is 2.58 bits per heavy atom. The predicted molar refractivity (Wildman–Crippen MR) is 115 cm³/mol. The molecule has 5 nitrogen and oxygen atoms in total. The van der Waals surface area contributed by atoms with Crippen LogP contribution in [0.4, 0.5) is 18.9 Å². The molecule has 1 aromatic heterocycles. The molecule has 1 aromatic carbocycles. The van der Waals surface area contributed by atoms with Gasteiger partial charge in [0.05, 0.1) is 11.4 Å². The first-order chi connectivity index (χ1) is 14.9. The fourth-order valence-electron chi connectivity index (χ4n) is 3.36. The van der Waals surface area contributed by atoms with Crippen LogP contribution in [-0.4, -0.2) is 23.1 Å². The first kappa shape index (κ1) is 22.8. The summed E-state index contributed by atoms with van der Waals surface area (Å²) in [5.74, 6) is 0.0104. The van der Waals surface area contributed by atoms with Gasteiger partial charge in [-0.15, -0.1) is 0 Å². The number of hydrogen-bond acceptors (Lipinski definition) is 4. The molecule has 8 heteroatoms. The van der Waals surface area contributed by atoms with Gasteiger partial charge in [-0.05, 0) is 42.3 Å². The summed E-state index contributed by atoms with van der Waals surface area (Å²) in [7, 11) is 0. The zero-order valence-corrected chi connectivity index (χ0v) is 17.5. The minimum absolute atomic E-state index is 0.0104. The maximum atomic E-state index is 13.3. The lowest BCUT2D eigenvalue weighted by atomic mass is 10.1. The van der Waals surface area contributed by atoms with Crippen LogP contribution in [0.1, 0.15) is 50.2 Å². The first-order valence-electron chi connectivity index (χ1n) is 10.5. The number of hydrazine groups is 1. The van der Waals surface area contributed by atoms with E-state index in [9.17, 15) is 18.0 Å². The van der Waals surface area contributed by atoms with Gasteiger partial charge in [-0.1, -0.05) is 38.3 Å². The average Bonchev–Trinajstić information content (AvgIpc) is 3.22. The summed E-state index contributed by atoms with van der Waals surface area (Å²) in [6, 6.07) is 8.69. The number of carbonyl (C=O) groups is 1. The van der Waals surface area contributed by atoms with E-state index in [0.29, 0.717) is 29.9 Å². The van der Waals surface area contributed by atoms with Gasteiger partial charge >= 0.3 is 6.18 Å². The number of nitrogens with zero attached hydrogens (tertiary/aromatic N) is 2. The van der Waals surface area contributed by atoms with E-state index in [1.54, 1.807) is 42.6 Å². The third-order valence-corrected chi connectivity index (χ3v) is 5.09. The van der Waals surface area contributed by atoms with Crippen LogP contribution in [0.25, 0.3) is 5.70 Å². The quantitative estimate of drug-likeness (QED) is 0.550. The van der Waals surface area contributed by atoms with Crippen molar-refractivity contribution in [1.29, 1.82) is 0 Å². The van der Waals surface area contributed by atoms with Crippen LogP contribution in [-0.2, 0) is 11.3 Å². The van der Waals surface area contributed by atoms with Crippen molar-refractivity contribution in [3.05, 3.63) is 66.0 Å². The maximum absolute atomic E-state index is 13.3. The number of benzene rings is 1. The van der Waals surface area contributed by atoms with Crippen molar-refractivity contribution in [3.8, 4) is 0 Å². The smallest absolute Gasteiger partial charge is 0.352 e. The second-order valence-corrected chi connectivity index (χ2v) is 7.53. The third kappa shape index (κ3) is 6.30. The molecule has 2 heterocycles. The van der Waals surface area contributed by atoms with E-state index in [2.05, 4.69) is 22.7 Å². The molecule has 1 unspecified atom stereocenters. The minimum Gasteiger partial charge on any atom is -0.352 e. The summed E-state index contributed by atoms with van der Waals surface area (Å²) >= 11 is 0. The number of alkyl halides is 3. The lowest BCUT2D eigenvalue weighted by Crippen LogP contribution is -2.44. The van der Waals surface area contributed by atoms with Gasteiger partial charge in [-0.25, -0.2) is 5.43 Å². The lowest BCUT2D eigenvalue weighted by molar-refractivity contribution is -0.142. The molecule has 0 radical (unpaired) electrons. The standard InChI is InChI=1S/C23H27F3N4O/c1-2-3-4-5-8-22(31)28-15-17-9-11-19(12-10-17)30-20(18-7-6-13-27-16-18)14-21(29-30)23(24,25)26/h6-7,9-14,16,21,29H,2-5,8,15H2,1H3,(H,28,31). The van der Waals surface area contributed by atoms with Crippen LogP contribution in [0.2, 0.25) is 0 Å². The summed E-state index contributed by atoms with van der Waals surface area (Å²) in [6.45, 7) is 2.51. The van der Waals surface area contributed by atoms with Gasteiger partial charge in [0.1, 0.15) is 6.04 Å². The Kier molecular flexibility index (Phi) is 7.68. The number of carbonyl (C=O) groups excluding carboxylic acids is 1. The van der Waals surface area contributed by atoms with Gasteiger partial charge in [0.2, 0.25) is 5.91 Å². The normalized spacial score (nSPS) is 16.3. The highest BCUT2D eigenvalue weighted by atomic mass is 19.4. The third-order valence-electron chi connectivity index (χ3n) is 5.09. The summed E-state index contributed by atoms with van der Waals surface area (Å²) in [5.41, 5.74) is 4.94. The Hall–Kier alpha value is -2.87. The average molecular weight is 432 g/mol. The Labute approximate surface area is 180 Å². The highest BCUT2D eigenvalue weighted by Crippen LogP contribution is 2.34. The number of rotatable bonds is 9. The number of aromatic nitrogens is 1. The van der Waals surface area contributed by atoms with Gasteiger partial charge in [0, 0.05) is 30.9 Å². The van der Waals surface area contributed by atoms with E-state index in [1.165, 1.54) is 11.2 Å². The molecule has 2 N–H and O–H groups in total. The minimum atomic E-state index is -4.41. The maximum Gasteiger partial charge on any atom is 0.409 e. The van der Waals surface area contributed by atoms with Crippen molar-refractivity contribution in [3.63, 3.8) is 0 Å². The van der Waals surface area contributed by atoms with E-state index in [-0.39, 0.29) is 5.91 Å². The highest BCUT2D eigenvalue weighted by molar-refractivity contribution is 5.81. The van der Waals surface area contributed by atoms with E-state index >= 15 is 0 Å². The Balaban J connectivity index is 1.65. The SMILES string of the molecule is CCCCCCC(=O)NCc1ccc(N2NC(C(F)(F)F)C=C2c2cccnc2)cc1. The summed E-state index contributed by atoms with van der Waals surface area (Å²) in [4.78, 5) is 16.0. The van der Waals surface area contributed by atoms with Crippen molar-refractivity contribution in [2.45, 2.75) is 57.8 Å². The Morgan fingerprint density at radius 1 is 1.16 bits per heavy atom. The zero-order valence-electron chi connectivity index (χ0n) is 17.5. The van der Waals surface area contributed by atoms with Crippen molar-refractivity contribution in [2.24, 2.45) is 0 Å². The second-order valence-electron chi connectivity index (χ2n) is 7.53. The lowest BCUT2D eigenvalue weighted by Gasteiger charge is -2.25. The fourth-order valence-corrected chi connectivity index (χ4v) is 3.36. The van der Waals surface area contributed by atoms with E-state index in [4.69, 9.17) is 0 Å².